The number of carbonyl (C=O) groups excluding carboxylic acids is 1. The van der Waals surface area contributed by atoms with Crippen molar-refractivity contribution in [3.63, 3.8) is 0 Å². The first-order chi connectivity index (χ1) is 9.60. The molecule has 2 N–H and O–H groups in total. The second kappa shape index (κ2) is 6.92. The predicted octanol–water partition coefficient (Wildman–Crippen LogP) is 1.12. The molecule has 0 radical (unpaired) electrons. The number of rotatable bonds is 4. The zero-order valence-electron chi connectivity index (χ0n) is 12.2. The molecule has 2 fully saturated rings. The van der Waals surface area contributed by atoms with Gasteiger partial charge in [0.2, 0.25) is 0 Å². The van der Waals surface area contributed by atoms with Gasteiger partial charge >= 0.3 is 12.0 Å². The summed E-state index contributed by atoms with van der Waals surface area (Å²) in [6.45, 7) is 5.83. The third-order valence-electron chi connectivity index (χ3n) is 4.33. The fourth-order valence-corrected chi connectivity index (χ4v) is 3.23. The summed E-state index contributed by atoms with van der Waals surface area (Å²) >= 11 is 0. The molecule has 2 atom stereocenters. The van der Waals surface area contributed by atoms with Crippen molar-refractivity contribution < 1.29 is 14.7 Å². The molecule has 0 spiro atoms. The molecule has 114 valence electrons. The number of hydrogen-bond acceptors (Lipinski definition) is 3. The average molecular weight is 283 g/mol. The molecule has 2 aliphatic heterocycles. The van der Waals surface area contributed by atoms with E-state index in [0.29, 0.717) is 6.54 Å². The number of aliphatic carboxylic acids is 1. The first kappa shape index (κ1) is 15.1. The van der Waals surface area contributed by atoms with Gasteiger partial charge in [-0.15, -0.1) is 0 Å². The number of likely N-dealkylation sites (tertiary alicyclic amines) is 2. The standard InChI is InChI=1S/C14H25N3O3/c1-2-16-7-3-5-11(10-16)15-14(20)17-8-4-6-12(17)9-13(18)19/h11-12H,2-10H2,1H3,(H,15,20)(H,18,19). The van der Waals surface area contributed by atoms with Crippen LogP contribution < -0.4 is 5.32 Å². The summed E-state index contributed by atoms with van der Waals surface area (Å²) in [7, 11) is 0. The highest BCUT2D eigenvalue weighted by molar-refractivity contribution is 5.76. The van der Waals surface area contributed by atoms with Crippen LogP contribution in [0.2, 0.25) is 0 Å². The Morgan fingerprint density at radius 3 is 2.70 bits per heavy atom. The number of carbonyl (C=O) groups is 2. The van der Waals surface area contributed by atoms with Gasteiger partial charge in [0, 0.05) is 25.2 Å². The molecular formula is C14H25N3O3. The van der Waals surface area contributed by atoms with Crippen LogP contribution in [-0.2, 0) is 4.79 Å². The monoisotopic (exact) mass is 283 g/mol. The van der Waals surface area contributed by atoms with Crippen molar-refractivity contribution in [1.29, 1.82) is 0 Å². The smallest absolute Gasteiger partial charge is 0.317 e. The number of carboxylic acid groups (broad SMARTS) is 1. The maximum absolute atomic E-state index is 12.3. The molecule has 2 heterocycles. The third-order valence-corrected chi connectivity index (χ3v) is 4.33. The van der Waals surface area contributed by atoms with Crippen molar-refractivity contribution in [3.8, 4) is 0 Å². The zero-order valence-corrected chi connectivity index (χ0v) is 12.2. The van der Waals surface area contributed by atoms with E-state index in [0.717, 1.165) is 45.3 Å². The molecule has 2 rings (SSSR count). The van der Waals surface area contributed by atoms with Gasteiger partial charge in [-0.25, -0.2) is 4.79 Å². The molecule has 0 saturated carbocycles. The minimum absolute atomic E-state index is 0.0547. The van der Waals surface area contributed by atoms with Gasteiger partial charge in [0.05, 0.1) is 6.42 Å². The third kappa shape index (κ3) is 3.85. The normalized spacial score (nSPS) is 27.6. The van der Waals surface area contributed by atoms with Gasteiger partial charge in [0.25, 0.3) is 0 Å². The Hall–Kier alpha value is -1.30. The molecule has 0 aromatic carbocycles. The molecule has 2 aliphatic rings. The summed E-state index contributed by atoms with van der Waals surface area (Å²) in [5, 5.41) is 12.0. The lowest BCUT2D eigenvalue weighted by Gasteiger charge is -2.34. The first-order valence-electron chi connectivity index (χ1n) is 7.61. The Morgan fingerprint density at radius 1 is 1.25 bits per heavy atom. The predicted molar refractivity (Wildman–Crippen MR) is 75.6 cm³/mol. The lowest BCUT2D eigenvalue weighted by Crippen LogP contribution is -2.52. The van der Waals surface area contributed by atoms with Crippen LogP contribution in [-0.4, -0.2) is 65.2 Å². The summed E-state index contributed by atoms with van der Waals surface area (Å²) < 4.78 is 0. The second-order valence-corrected chi connectivity index (χ2v) is 5.77. The van der Waals surface area contributed by atoms with E-state index in [1.807, 2.05) is 0 Å². The summed E-state index contributed by atoms with van der Waals surface area (Å²) in [6.07, 6.45) is 3.87. The Morgan fingerprint density at radius 2 is 2.00 bits per heavy atom. The summed E-state index contributed by atoms with van der Waals surface area (Å²) in [6, 6.07) is -0.0302. The van der Waals surface area contributed by atoms with Gasteiger partial charge in [-0.1, -0.05) is 6.92 Å². The van der Waals surface area contributed by atoms with Gasteiger partial charge in [0.1, 0.15) is 0 Å². The first-order valence-corrected chi connectivity index (χ1v) is 7.61. The van der Waals surface area contributed by atoms with Gasteiger partial charge in [-0.05, 0) is 38.8 Å². The zero-order chi connectivity index (χ0) is 14.5. The minimum atomic E-state index is -0.829. The van der Waals surface area contributed by atoms with Gasteiger partial charge in [-0.2, -0.15) is 0 Å². The van der Waals surface area contributed by atoms with Gasteiger partial charge < -0.3 is 20.2 Å². The number of carboxylic acids is 1. The highest BCUT2D eigenvalue weighted by Crippen LogP contribution is 2.20. The van der Waals surface area contributed by atoms with Crippen LogP contribution in [0, 0.1) is 0 Å². The van der Waals surface area contributed by atoms with E-state index in [2.05, 4.69) is 17.1 Å². The van der Waals surface area contributed by atoms with E-state index in [1.165, 1.54) is 0 Å². The Bertz CT molecular complexity index is 362. The van der Waals surface area contributed by atoms with Gasteiger partial charge in [0.15, 0.2) is 0 Å². The van der Waals surface area contributed by atoms with Crippen LogP contribution in [0.25, 0.3) is 0 Å². The number of likely N-dealkylation sites (N-methyl/N-ethyl adjacent to an activating group) is 1. The fraction of sp³-hybridized carbons (Fsp3) is 0.857. The van der Waals surface area contributed by atoms with Crippen molar-refractivity contribution in [1.82, 2.24) is 15.1 Å². The van der Waals surface area contributed by atoms with E-state index in [9.17, 15) is 9.59 Å². The van der Waals surface area contributed by atoms with Crippen molar-refractivity contribution in [2.45, 2.75) is 51.1 Å². The SMILES string of the molecule is CCN1CCCC(NC(=O)N2CCCC2CC(=O)O)C1. The average Bonchev–Trinajstić information content (AvgIpc) is 2.86. The highest BCUT2D eigenvalue weighted by atomic mass is 16.4. The number of amides is 2. The largest absolute Gasteiger partial charge is 0.481 e. The number of piperidine rings is 1. The molecule has 6 nitrogen and oxygen atoms in total. The highest BCUT2D eigenvalue weighted by Gasteiger charge is 2.31. The molecule has 0 aromatic heterocycles. The topological polar surface area (TPSA) is 72.9 Å². The number of nitrogens with one attached hydrogen (secondary N) is 1. The molecular weight excluding hydrogens is 258 g/mol. The maximum Gasteiger partial charge on any atom is 0.317 e. The molecule has 2 saturated heterocycles. The molecule has 2 unspecified atom stereocenters. The van der Waals surface area contributed by atoms with E-state index >= 15 is 0 Å². The molecule has 0 aromatic rings. The van der Waals surface area contributed by atoms with Crippen molar-refractivity contribution in [2.24, 2.45) is 0 Å². The molecule has 6 heteroatoms. The van der Waals surface area contributed by atoms with Crippen molar-refractivity contribution in [2.75, 3.05) is 26.2 Å². The van der Waals surface area contributed by atoms with Crippen LogP contribution in [0.15, 0.2) is 0 Å². The van der Waals surface area contributed by atoms with E-state index in [4.69, 9.17) is 5.11 Å². The van der Waals surface area contributed by atoms with Crippen molar-refractivity contribution >= 4 is 12.0 Å². The summed E-state index contributed by atoms with van der Waals surface area (Å²) in [4.78, 5) is 27.2. The lowest BCUT2D eigenvalue weighted by atomic mass is 10.1. The molecule has 0 bridgehead atoms. The van der Waals surface area contributed by atoms with Crippen LogP contribution >= 0.6 is 0 Å². The lowest BCUT2D eigenvalue weighted by molar-refractivity contribution is -0.137. The minimum Gasteiger partial charge on any atom is -0.481 e. The van der Waals surface area contributed by atoms with Crippen LogP contribution in [0.3, 0.4) is 0 Å². The summed E-state index contributed by atoms with van der Waals surface area (Å²) in [5.74, 6) is -0.829. The Labute approximate surface area is 120 Å². The second-order valence-electron chi connectivity index (χ2n) is 5.77. The number of urea groups is 1. The summed E-state index contributed by atoms with van der Waals surface area (Å²) in [5.41, 5.74) is 0. The van der Waals surface area contributed by atoms with Gasteiger partial charge in [-0.3, -0.25) is 4.79 Å². The fourth-order valence-electron chi connectivity index (χ4n) is 3.23. The molecule has 0 aliphatic carbocycles. The Kier molecular flexibility index (Phi) is 5.23. The number of nitrogens with zero attached hydrogens (tertiary/aromatic N) is 2. The van der Waals surface area contributed by atoms with Crippen LogP contribution in [0.1, 0.15) is 39.0 Å². The number of hydrogen-bond donors (Lipinski definition) is 2. The van der Waals surface area contributed by atoms with E-state index < -0.39 is 5.97 Å². The maximum atomic E-state index is 12.3. The van der Waals surface area contributed by atoms with E-state index in [1.54, 1.807) is 4.90 Å². The Balaban J connectivity index is 1.85. The van der Waals surface area contributed by atoms with Crippen LogP contribution in [0.5, 0.6) is 0 Å². The molecule has 20 heavy (non-hydrogen) atoms. The van der Waals surface area contributed by atoms with Crippen LogP contribution in [0.4, 0.5) is 4.79 Å². The van der Waals surface area contributed by atoms with Crippen molar-refractivity contribution in [3.05, 3.63) is 0 Å². The quantitative estimate of drug-likeness (QED) is 0.811. The van der Waals surface area contributed by atoms with E-state index in [-0.39, 0.29) is 24.5 Å². The molecule has 2 amide bonds.